The predicted octanol–water partition coefficient (Wildman–Crippen LogP) is 3.31. The van der Waals surface area contributed by atoms with Crippen molar-refractivity contribution in [1.29, 1.82) is 0 Å². The number of rotatable bonds is 5. The van der Waals surface area contributed by atoms with E-state index in [4.69, 9.17) is 4.74 Å². The molecule has 0 aliphatic carbocycles. The Bertz CT molecular complexity index is 648. The molecule has 2 aromatic rings. The molecule has 22 heavy (non-hydrogen) atoms. The second kappa shape index (κ2) is 6.18. The van der Waals surface area contributed by atoms with E-state index in [0.717, 1.165) is 36.6 Å². The molecule has 1 saturated heterocycles. The Morgan fingerprint density at radius 2 is 2.09 bits per heavy atom. The molecule has 1 aliphatic rings. The van der Waals surface area contributed by atoms with Gasteiger partial charge in [-0.15, -0.1) is 11.3 Å². The molecule has 0 atom stereocenters. The molecule has 4 nitrogen and oxygen atoms in total. The fourth-order valence-corrected chi connectivity index (χ4v) is 3.66. The van der Waals surface area contributed by atoms with E-state index in [1.807, 2.05) is 35.2 Å². The lowest BCUT2D eigenvalue weighted by atomic mass is 9.79. The Labute approximate surface area is 134 Å². The van der Waals surface area contributed by atoms with E-state index in [2.05, 4.69) is 11.9 Å². The molecule has 116 valence electrons. The van der Waals surface area contributed by atoms with Crippen LogP contribution in [0.4, 0.5) is 0 Å². The van der Waals surface area contributed by atoms with Crippen molar-refractivity contribution in [1.82, 2.24) is 9.88 Å². The van der Waals surface area contributed by atoms with Crippen LogP contribution in [0, 0.1) is 5.41 Å². The molecule has 1 aromatic heterocycles. The van der Waals surface area contributed by atoms with Crippen LogP contribution in [0.3, 0.4) is 0 Å². The molecule has 0 unspecified atom stereocenters. The number of nitrogens with zero attached hydrogens (tertiary/aromatic N) is 2. The van der Waals surface area contributed by atoms with Gasteiger partial charge in [0.2, 0.25) is 0 Å². The first-order valence-corrected chi connectivity index (χ1v) is 8.28. The first-order chi connectivity index (χ1) is 10.6. The fraction of sp³-hybridized carbons (Fsp3) is 0.412. The van der Waals surface area contributed by atoms with E-state index in [9.17, 15) is 4.79 Å². The zero-order valence-electron chi connectivity index (χ0n) is 12.9. The van der Waals surface area contributed by atoms with Crippen molar-refractivity contribution in [2.75, 3.05) is 26.8 Å². The number of amides is 1. The average molecular weight is 316 g/mol. The lowest BCUT2D eigenvalue weighted by molar-refractivity contribution is -0.00121. The largest absolute Gasteiger partial charge is 0.385 e. The molecule has 1 aliphatic heterocycles. The van der Waals surface area contributed by atoms with E-state index >= 15 is 0 Å². The second-order valence-electron chi connectivity index (χ2n) is 6.11. The van der Waals surface area contributed by atoms with Gasteiger partial charge in [-0.1, -0.05) is 37.3 Å². The summed E-state index contributed by atoms with van der Waals surface area (Å²) in [6.07, 6.45) is 0.982. The van der Waals surface area contributed by atoms with Gasteiger partial charge in [0.25, 0.3) is 5.91 Å². The Balaban J connectivity index is 1.72. The van der Waals surface area contributed by atoms with Crippen molar-refractivity contribution in [3.05, 3.63) is 41.5 Å². The Kier molecular flexibility index (Phi) is 4.27. The van der Waals surface area contributed by atoms with Crippen molar-refractivity contribution in [2.45, 2.75) is 13.3 Å². The maximum absolute atomic E-state index is 12.7. The summed E-state index contributed by atoms with van der Waals surface area (Å²) in [4.78, 5) is 19.8. The smallest absolute Gasteiger partial charge is 0.274 e. The van der Waals surface area contributed by atoms with E-state index in [0.29, 0.717) is 5.69 Å². The van der Waals surface area contributed by atoms with Gasteiger partial charge in [-0.05, 0) is 12.0 Å². The highest BCUT2D eigenvalue weighted by molar-refractivity contribution is 7.13. The first-order valence-electron chi connectivity index (χ1n) is 7.40. The Morgan fingerprint density at radius 3 is 2.77 bits per heavy atom. The van der Waals surface area contributed by atoms with Crippen LogP contribution >= 0.6 is 11.3 Å². The molecule has 1 aromatic carbocycles. The topological polar surface area (TPSA) is 42.4 Å². The van der Waals surface area contributed by atoms with Crippen molar-refractivity contribution in [3.8, 4) is 10.4 Å². The zero-order valence-corrected chi connectivity index (χ0v) is 13.7. The maximum Gasteiger partial charge on any atom is 0.274 e. The number of methoxy groups -OCH3 is 1. The maximum atomic E-state index is 12.7. The fourth-order valence-electron chi connectivity index (χ4n) is 2.87. The summed E-state index contributed by atoms with van der Waals surface area (Å²) in [5, 5.41) is 0. The summed E-state index contributed by atoms with van der Waals surface area (Å²) in [5.74, 6) is 0.0370. The van der Waals surface area contributed by atoms with Crippen molar-refractivity contribution in [3.63, 3.8) is 0 Å². The Morgan fingerprint density at radius 1 is 1.36 bits per heavy atom. The van der Waals surface area contributed by atoms with Crippen molar-refractivity contribution in [2.24, 2.45) is 5.41 Å². The molecule has 0 radical (unpaired) electrons. The van der Waals surface area contributed by atoms with Gasteiger partial charge < -0.3 is 9.64 Å². The number of thiazole rings is 1. The number of ether oxygens (including phenoxy) is 1. The number of aromatic nitrogens is 1. The van der Waals surface area contributed by atoms with Gasteiger partial charge in [0.1, 0.15) is 5.69 Å². The van der Waals surface area contributed by atoms with E-state index < -0.39 is 0 Å². The van der Waals surface area contributed by atoms with Crippen molar-refractivity contribution >= 4 is 17.2 Å². The van der Waals surface area contributed by atoms with Gasteiger partial charge in [0.15, 0.2) is 0 Å². The highest BCUT2D eigenvalue weighted by Gasteiger charge is 2.42. The number of carbonyl (C=O) groups excluding carboxylic acids is 1. The monoisotopic (exact) mass is 316 g/mol. The SMILES string of the molecule is COCCC1(C)CN(C(=O)c2ncsc2-c2ccccc2)C1. The Hall–Kier alpha value is -1.72. The number of hydrogen-bond acceptors (Lipinski definition) is 4. The van der Waals surface area contributed by atoms with Gasteiger partial charge in [-0.2, -0.15) is 0 Å². The normalized spacial score (nSPS) is 16.4. The van der Waals surface area contributed by atoms with Gasteiger partial charge >= 0.3 is 0 Å². The molecular formula is C17H20N2O2S. The highest BCUT2D eigenvalue weighted by Crippen LogP contribution is 2.36. The zero-order chi connectivity index (χ0) is 15.6. The summed E-state index contributed by atoms with van der Waals surface area (Å²) >= 11 is 1.52. The molecule has 0 bridgehead atoms. The summed E-state index contributed by atoms with van der Waals surface area (Å²) in [6.45, 7) is 4.50. The van der Waals surface area contributed by atoms with E-state index in [1.165, 1.54) is 11.3 Å². The predicted molar refractivity (Wildman–Crippen MR) is 88.1 cm³/mol. The minimum Gasteiger partial charge on any atom is -0.385 e. The third kappa shape index (κ3) is 2.91. The summed E-state index contributed by atoms with van der Waals surface area (Å²) in [5.41, 5.74) is 3.55. The van der Waals surface area contributed by atoms with Crippen LogP contribution in [-0.2, 0) is 4.74 Å². The summed E-state index contributed by atoms with van der Waals surface area (Å²) < 4.78 is 5.14. The molecule has 5 heteroatoms. The first kappa shape index (κ1) is 15.2. The van der Waals surface area contributed by atoms with Crippen LogP contribution in [0.1, 0.15) is 23.8 Å². The summed E-state index contributed by atoms with van der Waals surface area (Å²) in [6, 6.07) is 9.97. The van der Waals surface area contributed by atoms with E-state index in [1.54, 1.807) is 12.6 Å². The average Bonchev–Trinajstić information content (AvgIpc) is 3.00. The molecule has 1 fully saturated rings. The highest BCUT2D eigenvalue weighted by atomic mass is 32.1. The van der Waals surface area contributed by atoms with Gasteiger partial charge in [-0.3, -0.25) is 4.79 Å². The number of likely N-dealkylation sites (tertiary alicyclic amines) is 1. The number of benzene rings is 1. The standard InChI is InChI=1S/C17H20N2O2S/c1-17(8-9-21-2)10-19(11-17)16(20)14-15(22-12-18-14)13-6-4-3-5-7-13/h3-7,12H,8-11H2,1-2H3. The third-order valence-corrected chi connectivity index (χ3v) is 5.02. The lowest BCUT2D eigenvalue weighted by Crippen LogP contribution is -2.57. The number of carbonyl (C=O) groups is 1. The molecule has 2 heterocycles. The quantitative estimate of drug-likeness (QED) is 0.850. The van der Waals surface area contributed by atoms with Crippen LogP contribution in [-0.4, -0.2) is 42.6 Å². The van der Waals surface area contributed by atoms with Crippen LogP contribution in [0.5, 0.6) is 0 Å². The van der Waals surface area contributed by atoms with Crippen LogP contribution in [0.25, 0.3) is 10.4 Å². The van der Waals surface area contributed by atoms with Gasteiger partial charge in [-0.25, -0.2) is 4.98 Å². The van der Waals surface area contributed by atoms with Gasteiger partial charge in [0.05, 0.1) is 10.4 Å². The summed E-state index contributed by atoms with van der Waals surface area (Å²) in [7, 11) is 1.71. The van der Waals surface area contributed by atoms with Crippen molar-refractivity contribution < 1.29 is 9.53 Å². The third-order valence-electron chi connectivity index (χ3n) is 4.15. The van der Waals surface area contributed by atoms with Gasteiger partial charge in [0, 0.05) is 32.2 Å². The molecule has 0 N–H and O–H groups in total. The second-order valence-corrected chi connectivity index (χ2v) is 6.97. The molecule has 1 amide bonds. The minimum atomic E-state index is 0.0370. The van der Waals surface area contributed by atoms with E-state index in [-0.39, 0.29) is 11.3 Å². The number of hydrogen-bond donors (Lipinski definition) is 0. The van der Waals surface area contributed by atoms with Crippen LogP contribution < -0.4 is 0 Å². The lowest BCUT2D eigenvalue weighted by Gasteiger charge is -2.48. The molecule has 0 saturated carbocycles. The minimum absolute atomic E-state index is 0.0370. The molecule has 0 spiro atoms. The van der Waals surface area contributed by atoms with Crippen LogP contribution in [0.15, 0.2) is 35.8 Å². The molecule has 3 rings (SSSR count). The molecular weight excluding hydrogens is 296 g/mol. The van der Waals surface area contributed by atoms with Crippen LogP contribution in [0.2, 0.25) is 0 Å².